The lowest BCUT2D eigenvalue weighted by Crippen LogP contribution is -2.54. The molecule has 83 heavy (non-hydrogen) atoms. The second kappa shape index (κ2) is 22.9. The molecule has 5 saturated heterocycles. The third-order valence-corrected chi connectivity index (χ3v) is 20.3. The maximum absolute atomic E-state index is 14.5. The summed E-state index contributed by atoms with van der Waals surface area (Å²) in [6.07, 6.45) is 12.4. The van der Waals surface area contributed by atoms with E-state index in [4.69, 9.17) is 19.7 Å². The molecule has 6 aromatic rings. The van der Waals surface area contributed by atoms with Crippen molar-refractivity contribution in [1.29, 1.82) is 0 Å². The van der Waals surface area contributed by atoms with Crippen molar-refractivity contribution in [2.75, 3.05) is 66.2 Å². The molecule has 5 N–H and O–H groups in total. The molecule has 7 fully saturated rings. The van der Waals surface area contributed by atoms with Gasteiger partial charge in [-0.05, 0) is 112 Å². The minimum Gasteiger partial charge on any atom is -0.507 e. The highest BCUT2D eigenvalue weighted by molar-refractivity contribution is 7.13. The number of carbonyl (C=O) groups excluding carboxylic acids is 2. The number of pyridine rings is 1. The first-order valence-corrected chi connectivity index (χ1v) is 31.1. The predicted molar refractivity (Wildman–Crippen MR) is 318 cm³/mol. The molecule has 20 heteroatoms. The maximum Gasteiger partial charge on any atom is 0.243 e. The van der Waals surface area contributed by atoms with Crippen molar-refractivity contribution in [3.63, 3.8) is 0 Å². The molecule has 2 aliphatic carbocycles. The second-order valence-electron chi connectivity index (χ2n) is 24.9. The van der Waals surface area contributed by atoms with Crippen molar-refractivity contribution < 1.29 is 33.8 Å². The molecule has 2 unspecified atom stereocenters. The minimum absolute atomic E-state index is 0.0859. The van der Waals surface area contributed by atoms with Crippen LogP contribution in [0.25, 0.3) is 21.7 Å². The number of piperidine rings is 2. The predicted octanol–water partition coefficient (Wildman–Crippen LogP) is 8.52. The van der Waals surface area contributed by atoms with E-state index >= 15 is 0 Å². The Bertz CT molecular complexity index is 3260. The maximum atomic E-state index is 14.5. The number of hydrogen-bond donors (Lipinski definition) is 4. The van der Waals surface area contributed by atoms with E-state index in [0.717, 1.165) is 130 Å². The van der Waals surface area contributed by atoms with Crippen molar-refractivity contribution in [2.45, 2.75) is 158 Å². The molecule has 2 amide bonds. The highest BCUT2D eigenvalue weighted by Gasteiger charge is 2.55. The first kappa shape index (κ1) is 55.3. The molecule has 19 nitrogen and oxygen atoms in total. The SMILES string of the molecule is Cc1ncsc1-c1ccc([C@H](C)NC(=O)[C@@H]2C[C@@H](O)CN2C(=O)[C@H](c2cc(N3CCC(C4(N5CCC(O[C@H]6C[C@H](Oc7cc(N8C9CCC8CN(c8cc(-c%10ccccc%10O)nnc8N)C9)ccn7)C6)CC5)CC4)CC3)no2)C(C)C)cc1. The Morgan fingerprint density at radius 2 is 1.58 bits per heavy atom. The topological polar surface area (TPSA) is 225 Å². The smallest absolute Gasteiger partial charge is 0.243 e. The Labute approximate surface area is 489 Å². The second-order valence-corrected chi connectivity index (χ2v) is 25.8. The molecule has 2 aromatic carbocycles. The van der Waals surface area contributed by atoms with E-state index in [1.54, 1.807) is 28.4 Å². The number of rotatable bonds is 17. The lowest BCUT2D eigenvalue weighted by Gasteiger charge is -2.45. The summed E-state index contributed by atoms with van der Waals surface area (Å²) >= 11 is 1.60. The number of β-amino-alcohol motifs (C(OH)–C–C–N with tert-alkyl or cyclic N) is 1. The normalized spacial score (nSPS) is 25.4. The third kappa shape index (κ3) is 11.1. The zero-order valence-corrected chi connectivity index (χ0v) is 48.9. The van der Waals surface area contributed by atoms with Gasteiger partial charge in [0.15, 0.2) is 17.4 Å². The van der Waals surface area contributed by atoms with Crippen LogP contribution in [-0.2, 0) is 14.3 Å². The van der Waals surface area contributed by atoms with Crippen LogP contribution in [0.15, 0.2) is 89.0 Å². The number of aliphatic hydroxyl groups excluding tert-OH is 1. The number of nitrogens with one attached hydrogen (secondary N) is 1. The van der Waals surface area contributed by atoms with Gasteiger partial charge in [0.05, 0.1) is 51.8 Å². The number of carbonyl (C=O) groups is 2. The summed E-state index contributed by atoms with van der Waals surface area (Å²) in [6, 6.07) is 22.9. The molecular formula is C63H78N12O7S. The number of phenolic OH excluding ortho intramolecular Hbond substituents is 1. The van der Waals surface area contributed by atoms with Gasteiger partial charge in [0, 0.05) is 112 Å². The van der Waals surface area contributed by atoms with E-state index < -0.39 is 18.1 Å². The molecular weight excluding hydrogens is 1070 g/mol. The quantitative estimate of drug-likeness (QED) is 0.0671. The number of nitrogen functional groups attached to an aromatic ring is 1. The van der Waals surface area contributed by atoms with Crippen molar-refractivity contribution in [3.8, 4) is 33.3 Å². The van der Waals surface area contributed by atoms with E-state index in [-0.39, 0.29) is 66.3 Å². The van der Waals surface area contributed by atoms with Gasteiger partial charge in [0.2, 0.25) is 17.7 Å². The summed E-state index contributed by atoms with van der Waals surface area (Å²) in [7, 11) is 0. The highest BCUT2D eigenvalue weighted by Crippen LogP contribution is 2.53. The van der Waals surface area contributed by atoms with E-state index in [2.05, 4.69) is 62.4 Å². The lowest BCUT2D eigenvalue weighted by atomic mass is 9.85. The number of para-hydroxylation sites is 1. The summed E-state index contributed by atoms with van der Waals surface area (Å²) < 4.78 is 19.2. The summed E-state index contributed by atoms with van der Waals surface area (Å²) in [5.74, 6) is 1.78. The Balaban J connectivity index is 0.552. The lowest BCUT2D eigenvalue weighted by molar-refractivity contribution is -0.141. The average Bonchev–Trinajstić information content (AvgIpc) is 2.45. The molecule has 2 bridgehead atoms. The molecule has 13 rings (SSSR count). The number of piperazine rings is 1. The molecule has 2 saturated carbocycles. The van der Waals surface area contributed by atoms with Crippen LogP contribution in [0.2, 0.25) is 0 Å². The number of benzene rings is 2. The van der Waals surface area contributed by atoms with E-state index in [0.29, 0.717) is 46.7 Å². The molecule has 7 aliphatic rings. The van der Waals surface area contributed by atoms with Crippen molar-refractivity contribution in [3.05, 3.63) is 102 Å². The molecule has 0 spiro atoms. The highest BCUT2D eigenvalue weighted by atomic mass is 32.1. The van der Waals surface area contributed by atoms with Gasteiger partial charge in [-0.3, -0.25) is 14.5 Å². The average molecular weight is 1150 g/mol. The first-order valence-electron chi connectivity index (χ1n) is 30.2. The van der Waals surface area contributed by atoms with Gasteiger partial charge in [-0.25, -0.2) is 9.97 Å². The van der Waals surface area contributed by atoms with Crippen LogP contribution >= 0.6 is 11.3 Å². The Hall–Kier alpha value is -6.87. The van der Waals surface area contributed by atoms with Crippen molar-refractivity contribution >= 4 is 46.2 Å². The molecule has 0 radical (unpaired) electrons. The van der Waals surface area contributed by atoms with Gasteiger partial charge >= 0.3 is 0 Å². The number of aromatic hydroxyl groups is 1. The van der Waals surface area contributed by atoms with Gasteiger partial charge in [-0.2, -0.15) is 0 Å². The first-order chi connectivity index (χ1) is 40.2. The van der Waals surface area contributed by atoms with Crippen LogP contribution in [0.1, 0.15) is 120 Å². The van der Waals surface area contributed by atoms with Gasteiger partial charge in [-0.1, -0.05) is 55.4 Å². The number of fused-ring (bicyclic) bond motifs is 2. The van der Waals surface area contributed by atoms with Crippen LogP contribution < -0.4 is 30.5 Å². The summed E-state index contributed by atoms with van der Waals surface area (Å²) in [5, 5.41) is 37.6. The number of ether oxygens (including phenoxy) is 2. The van der Waals surface area contributed by atoms with Crippen LogP contribution in [0.3, 0.4) is 0 Å². The fourth-order valence-electron chi connectivity index (χ4n) is 14.7. The summed E-state index contributed by atoms with van der Waals surface area (Å²) in [4.78, 5) is 50.0. The number of nitrogens with two attached hydrogens (primary N) is 1. The zero-order chi connectivity index (χ0) is 57.1. The number of amides is 2. The van der Waals surface area contributed by atoms with Crippen LogP contribution in [0.4, 0.5) is 23.0 Å². The minimum atomic E-state index is -0.803. The Morgan fingerprint density at radius 1 is 0.831 bits per heavy atom. The monoisotopic (exact) mass is 1150 g/mol. The van der Waals surface area contributed by atoms with E-state index in [9.17, 15) is 19.8 Å². The van der Waals surface area contributed by atoms with Gasteiger partial charge in [0.25, 0.3) is 0 Å². The molecule has 9 heterocycles. The van der Waals surface area contributed by atoms with E-state index in [1.807, 2.05) is 87.9 Å². The number of aromatic nitrogens is 5. The van der Waals surface area contributed by atoms with Crippen LogP contribution in [0, 0.1) is 18.8 Å². The zero-order valence-electron chi connectivity index (χ0n) is 48.1. The number of hydrogen-bond acceptors (Lipinski definition) is 18. The van der Waals surface area contributed by atoms with E-state index in [1.165, 1.54) is 12.8 Å². The van der Waals surface area contributed by atoms with Gasteiger partial charge < -0.3 is 54.9 Å². The number of anilines is 4. The Morgan fingerprint density at radius 3 is 2.28 bits per heavy atom. The number of aryl methyl sites for hydroxylation is 1. The molecule has 5 aliphatic heterocycles. The standard InChI is InChI=1S/C63H78N12O7S/c1-37(2)58(62(79)74-35-46(76)28-53(74)61(78)67-38(3)40-9-11-41(12-10-40)59-39(4)66-36-83-59)55-32-56(70-82-55)71-23-16-42(17-24-71)63(20-21-63)73-25-18-47(19-26-73)80-48-29-49(30-48)81-57-27-43(15-22-65-57)75-44-13-14-45(75)34-72(33-44)52-31-51(68-69-60(52)64)50-7-5-6-8-54(50)77/h5-12,15,22,27,31-32,36-38,42,44-49,53,58,76-77H,13-14,16-21,23-26,28-30,33-35H2,1-4H3,(H2,64,69)(H,67,78)/t38-,44?,45?,46+,48-,49-,53-,58-/m0/s1. The molecule has 4 aromatic heterocycles. The van der Waals surface area contributed by atoms with Gasteiger partial charge in [-0.15, -0.1) is 21.5 Å². The number of nitrogens with zero attached hydrogens (tertiary/aromatic N) is 10. The third-order valence-electron chi connectivity index (χ3n) is 19.4. The number of thiazole rings is 1. The number of aliphatic hydroxyl groups is 1. The molecule has 6 atom stereocenters. The van der Waals surface area contributed by atoms with Gasteiger partial charge in [0.1, 0.15) is 23.8 Å². The molecule has 438 valence electrons. The summed E-state index contributed by atoms with van der Waals surface area (Å²) in [5.41, 5.74) is 14.8. The van der Waals surface area contributed by atoms with Crippen LogP contribution in [0.5, 0.6) is 11.6 Å². The fourth-order valence-corrected chi connectivity index (χ4v) is 15.5. The number of likely N-dealkylation sites (tertiary alicyclic amines) is 2. The van der Waals surface area contributed by atoms with Crippen molar-refractivity contribution in [2.24, 2.45) is 11.8 Å². The fraction of sp³-hybridized carbons (Fsp3) is 0.540. The number of phenols is 1. The Kier molecular flexibility index (Phi) is 15.3. The van der Waals surface area contributed by atoms with Crippen molar-refractivity contribution in [1.82, 2.24) is 40.4 Å². The summed E-state index contributed by atoms with van der Waals surface area (Å²) in [6.45, 7) is 13.5. The van der Waals surface area contributed by atoms with Crippen LogP contribution in [-0.4, -0.2) is 151 Å². The largest absolute Gasteiger partial charge is 0.507 e.